The van der Waals surface area contributed by atoms with Crippen molar-refractivity contribution < 1.29 is 4.79 Å². The summed E-state index contributed by atoms with van der Waals surface area (Å²) in [4.78, 5) is 18.4. The van der Waals surface area contributed by atoms with E-state index < -0.39 is 0 Å². The molecule has 0 bridgehead atoms. The first-order chi connectivity index (χ1) is 6.51. The second kappa shape index (κ2) is 6.02. The molecular formula is C11H16N2O. The molecule has 0 heterocycles. The van der Waals surface area contributed by atoms with E-state index in [9.17, 15) is 4.79 Å². The van der Waals surface area contributed by atoms with Crippen LogP contribution in [0, 0.1) is 0 Å². The maximum atomic E-state index is 10.3. The molecule has 0 N–H and O–H groups in total. The molecule has 0 unspecified atom stereocenters. The molecule has 0 aliphatic rings. The number of carbonyl (C=O) groups is 1. The largest absolute Gasteiger partial charge is 0.297 e. The second-order valence-electron chi connectivity index (χ2n) is 2.97. The lowest BCUT2D eigenvalue weighted by Gasteiger charge is -2.00. The van der Waals surface area contributed by atoms with E-state index in [0.29, 0.717) is 23.4 Å². The van der Waals surface area contributed by atoms with Crippen LogP contribution in [0.25, 0.3) is 0 Å². The molecule has 76 valence electrons. The zero-order valence-electron chi connectivity index (χ0n) is 9.00. The lowest BCUT2D eigenvalue weighted by atomic mass is 10.3. The van der Waals surface area contributed by atoms with Gasteiger partial charge in [-0.15, -0.1) is 0 Å². The van der Waals surface area contributed by atoms with Crippen molar-refractivity contribution in [2.45, 2.75) is 27.2 Å². The van der Waals surface area contributed by atoms with Crippen LogP contribution in [0.4, 0.5) is 0 Å². The highest BCUT2D eigenvalue weighted by Crippen LogP contribution is 2.09. The summed E-state index contributed by atoms with van der Waals surface area (Å²) >= 11 is 0. The van der Waals surface area contributed by atoms with E-state index in [1.807, 2.05) is 13.8 Å². The van der Waals surface area contributed by atoms with Gasteiger partial charge in [0.05, 0.1) is 17.1 Å². The summed E-state index contributed by atoms with van der Waals surface area (Å²) in [6.45, 7) is 12.9. The van der Waals surface area contributed by atoms with E-state index in [-0.39, 0.29) is 0 Å². The monoisotopic (exact) mass is 192 g/mol. The summed E-state index contributed by atoms with van der Waals surface area (Å²) in [5.41, 5.74) is 2.28. The summed E-state index contributed by atoms with van der Waals surface area (Å²) in [6, 6.07) is 0. The van der Waals surface area contributed by atoms with Crippen LogP contribution in [-0.4, -0.2) is 17.7 Å². The Balaban J connectivity index is 4.58. The molecule has 0 saturated carbocycles. The van der Waals surface area contributed by atoms with Gasteiger partial charge in [0.25, 0.3) is 0 Å². The Hall–Kier alpha value is -1.51. The fourth-order valence-corrected chi connectivity index (χ4v) is 0.678. The van der Waals surface area contributed by atoms with E-state index in [4.69, 9.17) is 0 Å². The Morgan fingerprint density at radius 3 is 2.14 bits per heavy atom. The Kier molecular flexibility index (Phi) is 5.37. The smallest absolute Gasteiger partial charge is 0.163 e. The molecular weight excluding hydrogens is 176 g/mol. The zero-order valence-corrected chi connectivity index (χ0v) is 9.00. The normalized spacial score (nSPS) is 12.5. The van der Waals surface area contributed by atoms with E-state index in [2.05, 4.69) is 23.1 Å². The fourth-order valence-electron chi connectivity index (χ4n) is 0.678. The average molecular weight is 192 g/mol. The van der Waals surface area contributed by atoms with Gasteiger partial charge in [-0.05, 0) is 20.3 Å². The third-order valence-corrected chi connectivity index (χ3v) is 1.65. The Labute approximate surface area is 85.0 Å². The van der Waals surface area contributed by atoms with Crippen LogP contribution in [0.15, 0.2) is 34.5 Å². The first-order valence-electron chi connectivity index (χ1n) is 4.44. The van der Waals surface area contributed by atoms with Gasteiger partial charge < -0.3 is 0 Å². The predicted molar refractivity (Wildman–Crippen MR) is 60.9 cm³/mol. The maximum absolute atomic E-state index is 10.3. The highest BCUT2D eigenvalue weighted by molar-refractivity contribution is 6.27. The maximum Gasteiger partial charge on any atom is 0.163 e. The molecule has 0 spiro atoms. The average Bonchev–Trinajstić information content (AvgIpc) is 2.17. The highest BCUT2D eigenvalue weighted by Gasteiger charge is 1.97. The summed E-state index contributed by atoms with van der Waals surface area (Å²) in [5.74, 6) is 0. The van der Waals surface area contributed by atoms with E-state index in [0.717, 1.165) is 12.1 Å². The van der Waals surface area contributed by atoms with Gasteiger partial charge in [-0.1, -0.05) is 20.1 Å². The second-order valence-corrected chi connectivity index (χ2v) is 2.97. The molecule has 0 rings (SSSR count). The Morgan fingerprint density at radius 2 is 1.71 bits per heavy atom. The number of rotatable bonds is 5. The van der Waals surface area contributed by atoms with Crippen LogP contribution < -0.4 is 0 Å². The molecule has 14 heavy (non-hydrogen) atoms. The quantitative estimate of drug-likeness (QED) is 0.375. The summed E-state index contributed by atoms with van der Waals surface area (Å²) in [7, 11) is 0. The van der Waals surface area contributed by atoms with E-state index in [1.165, 1.54) is 0 Å². The van der Waals surface area contributed by atoms with Crippen molar-refractivity contribution in [2.75, 3.05) is 0 Å². The molecule has 0 amide bonds. The first kappa shape index (κ1) is 12.5. The van der Waals surface area contributed by atoms with Gasteiger partial charge in [0.1, 0.15) is 0 Å². The minimum absolute atomic E-state index is 0.375. The van der Waals surface area contributed by atoms with Gasteiger partial charge in [-0.25, -0.2) is 4.99 Å². The Morgan fingerprint density at radius 1 is 1.21 bits per heavy atom. The van der Waals surface area contributed by atoms with Crippen LogP contribution >= 0.6 is 0 Å². The van der Waals surface area contributed by atoms with Crippen molar-refractivity contribution in [1.82, 2.24) is 0 Å². The van der Waals surface area contributed by atoms with Crippen molar-refractivity contribution in [3.05, 3.63) is 24.6 Å². The lowest BCUT2D eigenvalue weighted by molar-refractivity contribution is -0.102. The van der Waals surface area contributed by atoms with Crippen LogP contribution in [0.1, 0.15) is 27.2 Å². The zero-order chi connectivity index (χ0) is 11.1. The van der Waals surface area contributed by atoms with Crippen LogP contribution in [0.3, 0.4) is 0 Å². The first-order valence-corrected chi connectivity index (χ1v) is 4.44. The molecule has 0 saturated heterocycles. The minimum atomic E-state index is 0.375. The van der Waals surface area contributed by atoms with Gasteiger partial charge in [0, 0.05) is 5.71 Å². The summed E-state index contributed by atoms with van der Waals surface area (Å²) in [6.07, 6.45) is 1.54. The number of aldehydes is 1. The number of carbonyl (C=O) groups excluding carboxylic acids is 1. The van der Waals surface area contributed by atoms with Crippen molar-refractivity contribution in [3.63, 3.8) is 0 Å². The molecule has 0 aliphatic carbocycles. The van der Waals surface area contributed by atoms with Crippen molar-refractivity contribution in [3.8, 4) is 0 Å². The number of nitrogens with zero attached hydrogens (tertiary/aromatic N) is 2. The molecule has 0 aromatic heterocycles. The fraction of sp³-hybridized carbons (Fsp3) is 0.364. The topological polar surface area (TPSA) is 41.8 Å². The van der Waals surface area contributed by atoms with Crippen LogP contribution in [0.2, 0.25) is 0 Å². The van der Waals surface area contributed by atoms with E-state index in [1.54, 1.807) is 6.92 Å². The SMILES string of the molecule is C=C(N=C(C)C=O)C(=C)N=C(C)CC. The van der Waals surface area contributed by atoms with Gasteiger partial charge in [0.2, 0.25) is 0 Å². The van der Waals surface area contributed by atoms with E-state index >= 15 is 0 Å². The van der Waals surface area contributed by atoms with Crippen molar-refractivity contribution in [2.24, 2.45) is 9.98 Å². The number of aliphatic imine (C=N–C) groups is 2. The molecule has 3 nitrogen and oxygen atoms in total. The molecule has 0 atom stereocenters. The molecule has 3 heteroatoms. The lowest BCUT2D eigenvalue weighted by Crippen LogP contribution is -1.95. The molecule has 0 fully saturated rings. The van der Waals surface area contributed by atoms with Crippen molar-refractivity contribution >= 4 is 17.7 Å². The van der Waals surface area contributed by atoms with Gasteiger partial charge in [-0.2, -0.15) is 0 Å². The molecule has 0 aromatic rings. The predicted octanol–water partition coefficient (Wildman–Crippen LogP) is 2.54. The van der Waals surface area contributed by atoms with Crippen molar-refractivity contribution in [1.29, 1.82) is 0 Å². The van der Waals surface area contributed by atoms with Gasteiger partial charge in [0.15, 0.2) is 6.29 Å². The summed E-state index contributed by atoms with van der Waals surface area (Å²) in [5, 5.41) is 0. The molecule has 0 aliphatic heterocycles. The minimum Gasteiger partial charge on any atom is -0.297 e. The van der Waals surface area contributed by atoms with Gasteiger partial charge >= 0.3 is 0 Å². The standard InChI is InChI=1S/C11H16N2O/c1-6-8(2)12-10(4)11(5)13-9(3)7-14/h7H,4-6H2,1-3H3. The summed E-state index contributed by atoms with van der Waals surface area (Å²) < 4.78 is 0. The third-order valence-electron chi connectivity index (χ3n) is 1.65. The number of hydrogen-bond acceptors (Lipinski definition) is 3. The molecule has 0 aromatic carbocycles. The van der Waals surface area contributed by atoms with Gasteiger partial charge in [-0.3, -0.25) is 9.79 Å². The molecule has 0 radical (unpaired) electrons. The third kappa shape index (κ3) is 4.50. The Bertz CT molecular complexity index is 311. The number of hydrogen-bond donors (Lipinski definition) is 0. The van der Waals surface area contributed by atoms with Crippen LogP contribution in [0.5, 0.6) is 0 Å². The van der Waals surface area contributed by atoms with Crippen LogP contribution in [-0.2, 0) is 4.79 Å². The highest BCUT2D eigenvalue weighted by atomic mass is 16.1.